The number of esters is 4. The lowest BCUT2D eigenvalue weighted by molar-refractivity contribution is -0.167. The van der Waals surface area contributed by atoms with E-state index in [4.69, 9.17) is 18.9 Å². The fourth-order valence-electron chi connectivity index (χ4n) is 6.13. The van der Waals surface area contributed by atoms with E-state index in [0.29, 0.717) is 17.6 Å². The summed E-state index contributed by atoms with van der Waals surface area (Å²) in [6.07, 6.45) is 1.64. The Labute approximate surface area is 198 Å². The fourth-order valence-corrected chi connectivity index (χ4v) is 6.13. The number of hydrogen-bond donors (Lipinski definition) is 0. The van der Waals surface area contributed by atoms with Crippen LogP contribution >= 0.6 is 0 Å². The highest BCUT2D eigenvalue weighted by Gasteiger charge is 2.62. The predicted octanol–water partition coefficient (Wildman–Crippen LogP) is 3.39. The molecule has 1 aromatic rings. The molecule has 1 aliphatic heterocycles. The van der Waals surface area contributed by atoms with Gasteiger partial charge in [0.25, 0.3) is 0 Å². The molecule has 182 valence electrons. The number of carbonyl (C=O) groups is 4. The number of fused-ring (bicyclic) bond motifs is 2. The van der Waals surface area contributed by atoms with Crippen molar-refractivity contribution in [1.82, 2.24) is 0 Å². The Morgan fingerprint density at radius 3 is 2.38 bits per heavy atom. The minimum absolute atomic E-state index is 0.0392. The third kappa shape index (κ3) is 4.33. The Balaban J connectivity index is 1.79. The van der Waals surface area contributed by atoms with E-state index in [1.54, 1.807) is 24.3 Å². The van der Waals surface area contributed by atoms with Crippen LogP contribution in [0.15, 0.2) is 41.5 Å². The van der Waals surface area contributed by atoms with Gasteiger partial charge in [-0.1, -0.05) is 31.5 Å². The van der Waals surface area contributed by atoms with Crippen molar-refractivity contribution >= 4 is 23.9 Å². The van der Waals surface area contributed by atoms with Crippen LogP contribution in [0.2, 0.25) is 0 Å². The van der Waals surface area contributed by atoms with Gasteiger partial charge in [-0.2, -0.15) is 0 Å². The zero-order valence-corrected chi connectivity index (χ0v) is 19.8. The van der Waals surface area contributed by atoms with Crippen molar-refractivity contribution in [3.05, 3.63) is 47.0 Å². The maximum Gasteiger partial charge on any atom is 0.338 e. The van der Waals surface area contributed by atoms with Crippen LogP contribution in [0.5, 0.6) is 0 Å². The van der Waals surface area contributed by atoms with E-state index in [2.05, 4.69) is 0 Å². The molecule has 1 heterocycles. The summed E-state index contributed by atoms with van der Waals surface area (Å²) in [7, 11) is 0. The van der Waals surface area contributed by atoms with Crippen molar-refractivity contribution < 1.29 is 38.1 Å². The summed E-state index contributed by atoms with van der Waals surface area (Å²) in [5.74, 6) is -2.11. The van der Waals surface area contributed by atoms with Crippen LogP contribution in [-0.4, -0.2) is 49.8 Å². The van der Waals surface area contributed by atoms with Gasteiger partial charge in [-0.15, -0.1) is 0 Å². The van der Waals surface area contributed by atoms with Gasteiger partial charge in [-0.25, -0.2) is 9.59 Å². The van der Waals surface area contributed by atoms with Crippen molar-refractivity contribution in [2.45, 2.75) is 52.6 Å². The minimum Gasteiger partial charge on any atom is -0.465 e. The Bertz CT molecular complexity index is 1030. The van der Waals surface area contributed by atoms with Crippen LogP contribution in [0.4, 0.5) is 0 Å². The van der Waals surface area contributed by atoms with Gasteiger partial charge in [0.05, 0.1) is 12.2 Å². The van der Waals surface area contributed by atoms with E-state index in [1.165, 1.54) is 13.8 Å². The molecule has 1 aromatic carbocycles. The lowest BCUT2D eigenvalue weighted by Gasteiger charge is -2.57. The lowest BCUT2D eigenvalue weighted by Crippen LogP contribution is -2.58. The summed E-state index contributed by atoms with van der Waals surface area (Å²) in [4.78, 5) is 49.3. The van der Waals surface area contributed by atoms with Crippen molar-refractivity contribution in [1.29, 1.82) is 0 Å². The first-order valence-corrected chi connectivity index (χ1v) is 11.6. The van der Waals surface area contributed by atoms with Gasteiger partial charge in [0, 0.05) is 42.6 Å². The van der Waals surface area contributed by atoms with Crippen LogP contribution in [0.1, 0.15) is 56.8 Å². The van der Waals surface area contributed by atoms with Gasteiger partial charge in [0.2, 0.25) is 0 Å². The Morgan fingerprint density at radius 2 is 1.71 bits per heavy atom. The molecule has 3 aliphatic rings. The first-order chi connectivity index (χ1) is 16.2. The monoisotopic (exact) mass is 470 g/mol. The molecule has 0 aromatic heterocycles. The average Bonchev–Trinajstić information content (AvgIpc) is 3.18. The molecule has 1 unspecified atom stereocenters. The van der Waals surface area contributed by atoms with Crippen molar-refractivity contribution in [2.75, 3.05) is 19.8 Å². The van der Waals surface area contributed by atoms with Crippen LogP contribution in [0.3, 0.4) is 0 Å². The van der Waals surface area contributed by atoms with Gasteiger partial charge in [0.15, 0.2) is 0 Å². The minimum atomic E-state index is -0.764. The van der Waals surface area contributed by atoms with Crippen LogP contribution < -0.4 is 0 Å². The number of benzene rings is 1. The molecule has 0 saturated heterocycles. The van der Waals surface area contributed by atoms with Crippen LogP contribution in [0.25, 0.3) is 0 Å². The number of rotatable bonds is 6. The smallest absolute Gasteiger partial charge is 0.338 e. The van der Waals surface area contributed by atoms with Crippen molar-refractivity contribution in [2.24, 2.45) is 16.7 Å². The van der Waals surface area contributed by atoms with Gasteiger partial charge >= 0.3 is 23.9 Å². The molecule has 1 fully saturated rings. The molecule has 4 rings (SSSR count). The molecular weight excluding hydrogens is 440 g/mol. The van der Waals surface area contributed by atoms with Crippen LogP contribution in [-0.2, 0) is 33.3 Å². The molecule has 34 heavy (non-hydrogen) atoms. The number of hydrogen-bond acceptors (Lipinski definition) is 8. The largest absolute Gasteiger partial charge is 0.465 e. The second kappa shape index (κ2) is 9.24. The standard InChI is InChI=1S/C26H30O8/c1-16(27)32-14-25(3)10-7-11-26(15-33-17(2)28)20-13-31-24(30)19(20)12-21(22(25)26)34-23(29)18-8-5-4-6-9-18/h4-6,8-9,21-22H,7,10-15H2,1-3H3/t21-,22?,25-,26+/m1/s1. The lowest BCUT2D eigenvalue weighted by atomic mass is 9.48. The van der Waals surface area contributed by atoms with Gasteiger partial charge in [0.1, 0.15) is 19.3 Å². The molecule has 2 aliphatic carbocycles. The highest BCUT2D eigenvalue weighted by molar-refractivity contribution is 5.93. The molecule has 0 radical (unpaired) electrons. The van der Waals surface area contributed by atoms with E-state index >= 15 is 0 Å². The molecule has 0 bridgehead atoms. The summed E-state index contributed by atoms with van der Waals surface area (Å²) < 4.78 is 22.5. The Hall–Kier alpha value is -3.16. The first-order valence-electron chi connectivity index (χ1n) is 11.6. The third-order valence-corrected chi connectivity index (χ3v) is 7.46. The van der Waals surface area contributed by atoms with Gasteiger partial charge in [-0.05, 0) is 30.5 Å². The molecule has 8 heteroatoms. The summed E-state index contributed by atoms with van der Waals surface area (Å²) in [5.41, 5.74) is 0.366. The van der Waals surface area contributed by atoms with E-state index < -0.39 is 40.8 Å². The molecule has 0 N–H and O–H groups in total. The van der Waals surface area contributed by atoms with Crippen LogP contribution in [0, 0.1) is 16.7 Å². The van der Waals surface area contributed by atoms with Gasteiger partial charge < -0.3 is 18.9 Å². The van der Waals surface area contributed by atoms with E-state index in [1.807, 2.05) is 13.0 Å². The zero-order valence-electron chi connectivity index (χ0n) is 19.8. The Kier molecular flexibility index (Phi) is 6.51. The predicted molar refractivity (Wildman–Crippen MR) is 119 cm³/mol. The number of cyclic esters (lactones) is 1. The van der Waals surface area contributed by atoms with Gasteiger partial charge in [-0.3, -0.25) is 9.59 Å². The molecular formula is C26H30O8. The topological polar surface area (TPSA) is 105 Å². The third-order valence-electron chi connectivity index (χ3n) is 7.46. The van der Waals surface area contributed by atoms with E-state index in [9.17, 15) is 19.2 Å². The van der Waals surface area contributed by atoms with E-state index in [-0.39, 0.29) is 32.2 Å². The quantitative estimate of drug-likeness (QED) is 0.460. The summed E-state index contributed by atoms with van der Waals surface area (Å²) >= 11 is 0. The SMILES string of the molecule is CC(=O)OC[C@@]1(C)CCC[C@]2(COC(C)=O)C3=C(C[C@@H](OC(=O)c4ccccc4)C12)C(=O)OC3. The summed E-state index contributed by atoms with van der Waals surface area (Å²) in [5, 5.41) is 0. The van der Waals surface area contributed by atoms with E-state index in [0.717, 1.165) is 18.4 Å². The van der Waals surface area contributed by atoms with Crippen molar-refractivity contribution in [3.63, 3.8) is 0 Å². The second-order valence-corrected chi connectivity index (χ2v) is 9.75. The Morgan fingerprint density at radius 1 is 1.03 bits per heavy atom. The number of carbonyl (C=O) groups excluding carboxylic acids is 4. The normalized spacial score (nSPS) is 30.0. The first kappa shape index (κ1) is 24.0. The molecule has 8 nitrogen and oxygen atoms in total. The average molecular weight is 471 g/mol. The highest BCUT2D eigenvalue weighted by atomic mass is 16.6. The molecule has 1 saturated carbocycles. The highest BCUT2D eigenvalue weighted by Crippen LogP contribution is 2.61. The number of ether oxygens (including phenoxy) is 4. The zero-order chi connectivity index (χ0) is 24.5. The maximum atomic E-state index is 13.1. The molecule has 0 amide bonds. The molecule has 0 spiro atoms. The second-order valence-electron chi connectivity index (χ2n) is 9.75. The van der Waals surface area contributed by atoms with Crippen molar-refractivity contribution in [3.8, 4) is 0 Å². The summed E-state index contributed by atoms with van der Waals surface area (Å²) in [6, 6.07) is 8.66. The maximum absolute atomic E-state index is 13.1. The molecule has 4 atom stereocenters. The summed E-state index contributed by atoms with van der Waals surface area (Å²) in [6.45, 7) is 5.00. The fraction of sp³-hybridized carbons (Fsp3) is 0.538.